The van der Waals surface area contributed by atoms with Gasteiger partial charge < -0.3 is 11.1 Å². The average Bonchev–Trinajstić information content (AvgIpc) is 2.85. The number of hydrogen-bond acceptors (Lipinski definition) is 4. The Morgan fingerprint density at radius 3 is 2.43 bits per heavy atom. The quantitative estimate of drug-likeness (QED) is 0.852. The predicted molar refractivity (Wildman–Crippen MR) is 86.2 cm³/mol. The van der Waals surface area contributed by atoms with E-state index < -0.39 is 11.4 Å². The minimum atomic E-state index is -0.818. The van der Waals surface area contributed by atoms with Crippen LogP contribution in [-0.4, -0.2) is 26.8 Å². The van der Waals surface area contributed by atoms with E-state index in [-0.39, 0.29) is 12.5 Å². The van der Waals surface area contributed by atoms with Crippen molar-refractivity contribution >= 4 is 35.0 Å². The highest BCUT2D eigenvalue weighted by atomic mass is 35.5. The van der Waals surface area contributed by atoms with E-state index in [1.54, 1.807) is 26.1 Å². The minimum absolute atomic E-state index is 0.0824. The van der Waals surface area contributed by atoms with Gasteiger partial charge in [0.25, 0.3) is 5.91 Å². The van der Waals surface area contributed by atoms with E-state index >= 15 is 0 Å². The Morgan fingerprint density at radius 1 is 1.26 bits per heavy atom. The lowest BCUT2D eigenvalue weighted by atomic mass is 10.0. The summed E-state index contributed by atoms with van der Waals surface area (Å²) in [6.45, 7) is 3.44. The number of halogens is 2. The summed E-state index contributed by atoms with van der Waals surface area (Å²) in [4.78, 5) is 23.3. The summed E-state index contributed by atoms with van der Waals surface area (Å²) in [5, 5.41) is 11.3. The van der Waals surface area contributed by atoms with Crippen LogP contribution in [0.3, 0.4) is 0 Å². The van der Waals surface area contributed by atoms with E-state index in [1.807, 2.05) is 0 Å². The molecule has 0 spiro atoms. The Kier molecular flexibility index (Phi) is 4.91. The molecule has 1 aromatic carbocycles. The first kappa shape index (κ1) is 17.2. The third-order valence-corrected chi connectivity index (χ3v) is 3.48. The number of benzene rings is 1. The molecule has 1 heterocycles. The first-order chi connectivity index (χ1) is 10.7. The average molecular weight is 356 g/mol. The lowest BCUT2D eigenvalue weighted by molar-refractivity contribution is -0.118. The molecule has 0 saturated heterocycles. The van der Waals surface area contributed by atoms with Gasteiger partial charge in [0, 0.05) is 15.6 Å². The van der Waals surface area contributed by atoms with Crippen LogP contribution < -0.4 is 11.1 Å². The van der Waals surface area contributed by atoms with Gasteiger partial charge in [0.15, 0.2) is 0 Å². The molecule has 2 rings (SSSR count). The van der Waals surface area contributed by atoms with Crippen molar-refractivity contribution in [2.75, 3.05) is 0 Å². The summed E-state index contributed by atoms with van der Waals surface area (Å²) in [5.41, 5.74) is 5.11. The van der Waals surface area contributed by atoms with Gasteiger partial charge in [0.1, 0.15) is 12.2 Å². The maximum absolute atomic E-state index is 12.4. The number of rotatable bonds is 5. The predicted octanol–water partition coefficient (Wildman–Crippen LogP) is 1.74. The molecule has 0 saturated carbocycles. The zero-order valence-corrected chi connectivity index (χ0v) is 14.0. The molecule has 2 aromatic rings. The maximum atomic E-state index is 12.4. The van der Waals surface area contributed by atoms with Gasteiger partial charge in [-0.15, -0.1) is 5.10 Å². The highest BCUT2D eigenvalue weighted by molar-refractivity contribution is 6.35. The molecule has 0 atom stereocenters. The molecule has 0 aliphatic heterocycles. The molecule has 0 aliphatic carbocycles. The first-order valence-corrected chi connectivity index (χ1v) is 7.40. The molecular formula is C14H15Cl2N5O2. The molecule has 0 radical (unpaired) electrons. The van der Waals surface area contributed by atoms with Crippen molar-refractivity contribution in [2.24, 2.45) is 5.73 Å². The van der Waals surface area contributed by atoms with Crippen molar-refractivity contribution < 1.29 is 9.59 Å². The fourth-order valence-electron chi connectivity index (χ4n) is 1.93. The van der Waals surface area contributed by atoms with E-state index in [2.05, 4.69) is 15.6 Å². The molecule has 0 unspecified atom stereocenters. The lowest BCUT2D eigenvalue weighted by Gasteiger charge is -2.23. The second-order valence-corrected chi connectivity index (χ2v) is 6.38. The number of carbonyl (C=O) groups is 2. The lowest BCUT2D eigenvalue weighted by Crippen LogP contribution is -2.41. The summed E-state index contributed by atoms with van der Waals surface area (Å²) >= 11 is 11.8. The van der Waals surface area contributed by atoms with Gasteiger partial charge >= 0.3 is 0 Å². The SMILES string of the molecule is CC(C)(NC(=O)c1cc(Cl)cc(Cl)c1)c1cn(CC(N)=O)nn1. The standard InChI is InChI=1S/C14H15Cl2N5O2/c1-14(2,11-6-21(20-19-11)7-12(17)22)18-13(23)8-3-9(15)5-10(16)4-8/h3-6H,7H2,1-2H3,(H2,17,22)(H,18,23). The molecular weight excluding hydrogens is 341 g/mol. The largest absolute Gasteiger partial charge is 0.368 e. The van der Waals surface area contributed by atoms with E-state index in [4.69, 9.17) is 28.9 Å². The van der Waals surface area contributed by atoms with E-state index in [9.17, 15) is 9.59 Å². The topological polar surface area (TPSA) is 103 Å². The van der Waals surface area contributed by atoms with Crippen LogP contribution in [0.2, 0.25) is 10.0 Å². The minimum Gasteiger partial charge on any atom is -0.368 e. The Balaban J connectivity index is 2.18. The van der Waals surface area contributed by atoms with Crippen LogP contribution in [0.5, 0.6) is 0 Å². The molecule has 0 fully saturated rings. The molecule has 2 amide bonds. The van der Waals surface area contributed by atoms with E-state index in [1.165, 1.54) is 16.8 Å². The Morgan fingerprint density at radius 2 is 1.87 bits per heavy atom. The molecule has 0 aliphatic rings. The van der Waals surface area contributed by atoms with E-state index in [0.29, 0.717) is 21.3 Å². The summed E-state index contributed by atoms with van der Waals surface area (Å²) in [7, 11) is 0. The van der Waals surface area contributed by atoms with Crippen LogP contribution in [-0.2, 0) is 16.9 Å². The van der Waals surface area contributed by atoms with E-state index in [0.717, 1.165) is 0 Å². The molecule has 1 aromatic heterocycles. The Bertz CT molecular complexity index is 737. The summed E-state index contributed by atoms with van der Waals surface area (Å²) in [5.74, 6) is -0.888. The van der Waals surface area contributed by atoms with Gasteiger partial charge in [-0.05, 0) is 32.0 Å². The maximum Gasteiger partial charge on any atom is 0.252 e. The van der Waals surface area contributed by atoms with Crippen LogP contribution in [0, 0.1) is 0 Å². The molecule has 0 bridgehead atoms. The zero-order chi connectivity index (χ0) is 17.2. The molecule has 3 N–H and O–H groups in total. The van der Waals surface area contributed by atoms with Gasteiger partial charge in [0.05, 0.1) is 11.7 Å². The number of primary amides is 1. The van der Waals surface area contributed by atoms with Crippen molar-refractivity contribution in [2.45, 2.75) is 25.9 Å². The van der Waals surface area contributed by atoms with Gasteiger partial charge in [0.2, 0.25) is 5.91 Å². The first-order valence-electron chi connectivity index (χ1n) is 6.65. The van der Waals surface area contributed by atoms with Crippen molar-refractivity contribution in [3.63, 3.8) is 0 Å². The summed E-state index contributed by atoms with van der Waals surface area (Å²) in [6, 6.07) is 4.58. The summed E-state index contributed by atoms with van der Waals surface area (Å²) in [6.07, 6.45) is 1.55. The number of carbonyl (C=O) groups excluding carboxylic acids is 2. The highest BCUT2D eigenvalue weighted by Crippen LogP contribution is 2.21. The van der Waals surface area contributed by atoms with Crippen LogP contribution in [0.1, 0.15) is 29.9 Å². The van der Waals surface area contributed by atoms with Gasteiger partial charge in [-0.1, -0.05) is 28.4 Å². The fraction of sp³-hybridized carbons (Fsp3) is 0.286. The molecule has 23 heavy (non-hydrogen) atoms. The van der Waals surface area contributed by atoms with Crippen molar-refractivity contribution in [1.82, 2.24) is 20.3 Å². The fourth-order valence-corrected chi connectivity index (χ4v) is 2.45. The molecule has 7 nitrogen and oxygen atoms in total. The van der Waals surface area contributed by atoms with Crippen LogP contribution in [0.15, 0.2) is 24.4 Å². The molecule has 122 valence electrons. The number of hydrogen-bond donors (Lipinski definition) is 2. The van der Waals surface area contributed by atoms with Crippen molar-refractivity contribution in [3.05, 3.63) is 45.7 Å². The number of nitrogens with one attached hydrogen (secondary N) is 1. The third-order valence-electron chi connectivity index (χ3n) is 3.05. The van der Waals surface area contributed by atoms with Crippen LogP contribution in [0.25, 0.3) is 0 Å². The monoisotopic (exact) mass is 355 g/mol. The smallest absolute Gasteiger partial charge is 0.252 e. The Hall–Kier alpha value is -2.12. The van der Waals surface area contributed by atoms with Gasteiger partial charge in [-0.3, -0.25) is 9.59 Å². The van der Waals surface area contributed by atoms with Crippen LogP contribution in [0.4, 0.5) is 0 Å². The van der Waals surface area contributed by atoms with Crippen LogP contribution >= 0.6 is 23.2 Å². The zero-order valence-electron chi connectivity index (χ0n) is 12.5. The van der Waals surface area contributed by atoms with Gasteiger partial charge in [-0.25, -0.2) is 4.68 Å². The van der Waals surface area contributed by atoms with Crippen molar-refractivity contribution in [3.8, 4) is 0 Å². The number of aromatic nitrogens is 3. The Labute approximate surface area is 142 Å². The normalized spacial score (nSPS) is 11.3. The highest BCUT2D eigenvalue weighted by Gasteiger charge is 2.27. The second-order valence-electron chi connectivity index (χ2n) is 5.50. The van der Waals surface area contributed by atoms with Gasteiger partial charge in [-0.2, -0.15) is 0 Å². The number of amides is 2. The molecule has 9 heteroatoms. The third kappa shape index (κ3) is 4.43. The second kappa shape index (κ2) is 6.55. The number of nitrogens with zero attached hydrogens (tertiary/aromatic N) is 3. The van der Waals surface area contributed by atoms with Crippen molar-refractivity contribution in [1.29, 1.82) is 0 Å². The summed E-state index contributed by atoms with van der Waals surface area (Å²) < 4.78 is 1.31. The number of nitrogens with two attached hydrogens (primary N) is 1.